The molecule has 0 bridgehead atoms. The van der Waals surface area contributed by atoms with E-state index in [0.29, 0.717) is 21.3 Å². The lowest BCUT2D eigenvalue weighted by Crippen LogP contribution is -2.12. The minimum absolute atomic E-state index is 0.138. The van der Waals surface area contributed by atoms with Crippen molar-refractivity contribution in [2.45, 2.75) is 20.3 Å². The highest BCUT2D eigenvalue weighted by Crippen LogP contribution is 2.32. The first-order valence-electron chi connectivity index (χ1n) is 8.09. The van der Waals surface area contributed by atoms with Crippen LogP contribution in [0.1, 0.15) is 26.4 Å². The highest BCUT2D eigenvalue weighted by atomic mass is 32.1. The molecule has 0 radical (unpaired) electrons. The quantitative estimate of drug-likeness (QED) is 0.705. The second-order valence-corrected chi connectivity index (χ2v) is 7.08. The summed E-state index contributed by atoms with van der Waals surface area (Å²) in [6.07, 6.45) is -0.138. The fourth-order valence-corrected chi connectivity index (χ4v) is 3.56. The van der Waals surface area contributed by atoms with E-state index in [0.717, 1.165) is 16.7 Å². The molecule has 3 rings (SSSR count). The Morgan fingerprint density at radius 3 is 2.42 bits per heavy atom. The Morgan fingerprint density at radius 1 is 1.08 bits per heavy atom. The number of hydrogen-bond donors (Lipinski definition) is 2. The van der Waals surface area contributed by atoms with E-state index in [4.69, 9.17) is 0 Å². The molecule has 1 aromatic heterocycles. The van der Waals surface area contributed by atoms with Gasteiger partial charge >= 0.3 is 5.97 Å². The number of nitrogens with zero attached hydrogens (tertiary/aromatic N) is 1. The Hall–Kier alpha value is -2.99. The minimum atomic E-state index is -0.932. The topological polar surface area (TPSA) is 79.3 Å². The molecular formula is C20H18N2O3S. The Kier molecular flexibility index (Phi) is 5.14. The molecule has 3 aromatic rings. The number of rotatable bonds is 5. The lowest BCUT2D eigenvalue weighted by molar-refractivity contribution is -0.136. The van der Waals surface area contributed by atoms with E-state index < -0.39 is 5.97 Å². The number of aromatic nitrogens is 1. The summed E-state index contributed by atoms with van der Waals surface area (Å²) < 4.78 is 0. The molecular weight excluding hydrogens is 348 g/mol. The zero-order chi connectivity index (χ0) is 18.7. The standard InChI is InChI=1S/C20H18N2O3S/c1-12-7-9-14(10-8-12)18-16(11-17(23)24)26-20(21-18)22-19(25)15-6-4-3-5-13(15)2/h3-10H,11H2,1-2H3,(H,23,24)(H,21,22,25). The van der Waals surface area contributed by atoms with Gasteiger partial charge in [-0.15, -0.1) is 11.3 Å². The van der Waals surface area contributed by atoms with E-state index in [2.05, 4.69) is 10.3 Å². The summed E-state index contributed by atoms with van der Waals surface area (Å²) in [5.41, 5.74) is 3.97. The van der Waals surface area contributed by atoms with E-state index in [9.17, 15) is 14.7 Å². The van der Waals surface area contributed by atoms with Crippen LogP contribution in [-0.2, 0) is 11.2 Å². The molecule has 2 N–H and O–H groups in total. The van der Waals surface area contributed by atoms with Crippen LogP contribution < -0.4 is 5.32 Å². The maximum atomic E-state index is 12.5. The third kappa shape index (κ3) is 3.97. The maximum absolute atomic E-state index is 12.5. The van der Waals surface area contributed by atoms with Crippen molar-refractivity contribution in [3.05, 3.63) is 70.1 Å². The summed E-state index contributed by atoms with van der Waals surface area (Å²) in [6.45, 7) is 3.85. The smallest absolute Gasteiger partial charge is 0.308 e. The molecule has 132 valence electrons. The lowest BCUT2D eigenvalue weighted by Gasteiger charge is -2.04. The summed E-state index contributed by atoms with van der Waals surface area (Å²) in [4.78, 5) is 28.8. The van der Waals surface area contributed by atoms with Crippen LogP contribution in [0, 0.1) is 13.8 Å². The summed E-state index contributed by atoms with van der Waals surface area (Å²) in [5.74, 6) is -1.19. The molecule has 0 aliphatic rings. The van der Waals surface area contributed by atoms with Crippen LogP contribution in [0.4, 0.5) is 5.13 Å². The number of aliphatic carboxylic acids is 1. The average Bonchev–Trinajstić information content (AvgIpc) is 2.97. The van der Waals surface area contributed by atoms with Crippen LogP contribution >= 0.6 is 11.3 Å². The maximum Gasteiger partial charge on any atom is 0.308 e. The van der Waals surface area contributed by atoms with E-state index in [1.54, 1.807) is 12.1 Å². The highest BCUT2D eigenvalue weighted by molar-refractivity contribution is 7.16. The minimum Gasteiger partial charge on any atom is -0.481 e. The molecule has 0 saturated heterocycles. The van der Waals surface area contributed by atoms with Crippen LogP contribution in [0.2, 0.25) is 0 Å². The van der Waals surface area contributed by atoms with Crippen molar-refractivity contribution >= 4 is 28.3 Å². The SMILES string of the molecule is Cc1ccc(-c2nc(NC(=O)c3ccccc3C)sc2CC(=O)O)cc1. The van der Waals surface area contributed by atoms with Crippen molar-refractivity contribution in [2.24, 2.45) is 0 Å². The van der Waals surface area contributed by atoms with Crippen molar-refractivity contribution in [3.63, 3.8) is 0 Å². The molecule has 0 aliphatic heterocycles. The molecule has 0 aliphatic carbocycles. The van der Waals surface area contributed by atoms with Crippen LogP contribution in [0.3, 0.4) is 0 Å². The molecule has 0 atom stereocenters. The van der Waals surface area contributed by atoms with Crippen molar-refractivity contribution in [2.75, 3.05) is 5.32 Å². The third-order valence-electron chi connectivity index (χ3n) is 3.94. The van der Waals surface area contributed by atoms with Gasteiger partial charge in [0.25, 0.3) is 5.91 Å². The molecule has 1 amide bonds. The molecule has 5 nitrogen and oxygen atoms in total. The molecule has 0 fully saturated rings. The first kappa shape index (κ1) is 17.8. The predicted octanol–water partition coefficient (Wildman–Crippen LogP) is 4.31. The lowest BCUT2D eigenvalue weighted by atomic mass is 10.1. The molecule has 26 heavy (non-hydrogen) atoms. The van der Waals surface area contributed by atoms with Gasteiger partial charge in [-0.25, -0.2) is 4.98 Å². The van der Waals surface area contributed by atoms with Crippen LogP contribution in [-0.4, -0.2) is 22.0 Å². The van der Waals surface area contributed by atoms with Gasteiger partial charge in [-0.2, -0.15) is 0 Å². The zero-order valence-corrected chi connectivity index (χ0v) is 15.3. The van der Waals surface area contributed by atoms with Crippen molar-refractivity contribution in [3.8, 4) is 11.3 Å². The van der Waals surface area contributed by atoms with Gasteiger partial charge < -0.3 is 5.11 Å². The normalized spacial score (nSPS) is 10.5. The number of carboxylic acids is 1. The molecule has 0 saturated carbocycles. The molecule has 0 unspecified atom stereocenters. The third-order valence-corrected chi connectivity index (χ3v) is 4.92. The first-order chi connectivity index (χ1) is 12.4. The fraction of sp³-hybridized carbons (Fsp3) is 0.150. The number of nitrogens with one attached hydrogen (secondary N) is 1. The Labute approximate surface area is 155 Å². The number of thiazole rings is 1. The molecule has 6 heteroatoms. The van der Waals surface area contributed by atoms with Crippen LogP contribution in [0.25, 0.3) is 11.3 Å². The second-order valence-electron chi connectivity index (χ2n) is 6.00. The number of carbonyl (C=O) groups excluding carboxylic acids is 1. The highest BCUT2D eigenvalue weighted by Gasteiger charge is 2.18. The number of anilines is 1. The van der Waals surface area contributed by atoms with E-state index in [-0.39, 0.29) is 12.3 Å². The van der Waals surface area contributed by atoms with Gasteiger partial charge in [-0.1, -0.05) is 48.0 Å². The van der Waals surface area contributed by atoms with Gasteiger partial charge in [-0.05, 0) is 25.5 Å². The number of hydrogen-bond acceptors (Lipinski definition) is 4. The number of carbonyl (C=O) groups is 2. The van der Waals surface area contributed by atoms with Gasteiger partial charge in [0, 0.05) is 16.0 Å². The van der Waals surface area contributed by atoms with Gasteiger partial charge in [-0.3, -0.25) is 14.9 Å². The van der Waals surface area contributed by atoms with Gasteiger partial charge in [0.05, 0.1) is 12.1 Å². The van der Waals surface area contributed by atoms with Gasteiger partial charge in [0.2, 0.25) is 0 Å². The number of benzene rings is 2. The van der Waals surface area contributed by atoms with Crippen molar-refractivity contribution < 1.29 is 14.7 Å². The van der Waals surface area contributed by atoms with E-state index in [1.165, 1.54) is 11.3 Å². The van der Waals surface area contributed by atoms with Gasteiger partial charge in [0.1, 0.15) is 0 Å². The largest absolute Gasteiger partial charge is 0.481 e. The van der Waals surface area contributed by atoms with E-state index >= 15 is 0 Å². The van der Waals surface area contributed by atoms with E-state index in [1.807, 2.05) is 50.2 Å². The summed E-state index contributed by atoms with van der Waals surface area (Å²) in [6, 6.07) is 15.0. The number of aryl methyl sites for hydroxylation is 2. The van der Waals surface area contributed by atoms with Crippen molar-refractivity contribution in [1.82, 2.24) is 4.98 Å². The van der Waals surface area contributed by atoms with Crippen LogP contribution in [0.15, 0.2) is 48.5 Å². The average molecular weight is 366 g/mol. The summed E-state index contributed by atoms with van der Waals surface area (Å²) in [5, 5.41) is 12.4. The Morgan fingerprint density at radius 2 is 1.77 bits per heavy atom. The monoisotopic (exact) mass is 366 g/mol. The number of amides is 1. The van der Waals surface area contributed by atoms with Gasteiger partial charge in [0.15, 0.2) is 5.13 Å². The molecule has 0 spiro atoms. The Balaban J connectivity index is 1.93. The predicted molar refractivity (Wildman–Crippen MR) is 103 cm³/mol. The van der Waals surface area contributed by atoms with Crippen LogP contribution in [0.5, 0.6) is 0 Å². The summed E-state index contributed by atoms with van der Waals surface area (Å²) >= 11 is 1.19. The number of carboxylic acid groups (broad SMARTS) is 1. The second kappa shape index (κ2) is 7.49. The Bertz CT molecular complexity index is 961. The first-order valence-corrected chi connectivity index (χ1v) is 8.91. The zero-order valence-electron chi connectivity index (χ0n) is 14.4. The fourth-order valence-electron chi connectivity index (χ4n) is 2.59. The summed E-state index contributed by atoms with van der Waals surface area (Å²) in [7, 11) is 0. The van der Waals surface area contributed by atoms with Crippen molar-refractivity contribution in [1.29, 1.82) is 0 Å². The molecule has 2 aromatic carbocycles. The molecule has 1 heterocycles.